The fraction of sp³-hybridized carbons (Fsp3) is 0.294. The van der Waals surface area contributed by atoms with Gasteiger partial charge in [-0.15, -0.1) is 0 Å². The predicted molar refractivity (Wildman–Crippen MR) is 81.1 cm³/mol. The normalized spacial score (nSPS) is 10.3. The maximum Gasteiger partial charge on any atom is 0.161 e. The first-order chi connectivity index (χ1) is 9.85. The van der Waals surface area contributed by atoms with Crippen LogP contribution < -0.4 is 14.8 Å². The van der Waals surface area contributed by atoms with Gasteiger partial charge < -0.3 is 14.8 Å². The molecule has 2 rings (SSSR count). The zero-order chi connectivity index (χ0) is 14.2. The maximum absolute atomic E-state index is 5.88. The molecule has 20 heavy (non-hydrogen) atoms. The van der Waals surface area contributed by atoms with Crippen LogP contribution in [0.4, 0.5) is 0 Å². The molecule has 0 fully saturated rings. The van der Waals surface area contributed by atoms with Gasteiger partial charge in [0.05, 0.1) is 7.11 Å². The minimum atomic E-state index is 0.544. The molecule has 2 aromatic carbocycles. The van der Waals surface area contributed by atoms with Crippen molar-refractivity contribution in [1.82, 2.24) is 5.32 Å². The minimum absolute atomic E-state index is 0.544. The van der Waals surface area contributed by atoms with Gasteiger partial charge in [-0.25, -0.2) is 0 Å². The quantitative estimate of drug-likeness (QED) is 0.837. The second kappa shape index (κ2) is 7.56. The van der Waals surface area contributed by atoms with Crippen molar-refractivity contribution in [3.63, 3.8) is 0 Å². The highest BCUT2D eigenvalue weighted by atomic mass is 16.5. The van der Waals surface area contributed by atoms with Crippen molar-refractivity contribution in [3.8, 4) is 11.5 Å². The number of nitrogens with one attached hydrogen (secondary N) is 1. The summed E-state index contributed by atoms with van der Waals surface area (Å²) >= 11 is 0. The van der Waals surface area contributed by atoms with Crippen molar-refractivity contribution in [2.24, 2.45) is 0 Å². The highest BCUT2D eigenvalue weighted by Gasteiger charge is 2.05. The molecule has 3 nitrogen and oxygen atoms in total. The van der Waals surface area contributed by atoms with Crippen LogP contribution in [0.15, 0.2) is 48.5 Å². The number of ether oxygens (including phenoxy) is 2. The Bertz CT molecular complexity index is 540. The number of para-hydroxylation sites is 2. The van der Waals surface area contributed by atoms with Gasteiger partial charge in [0.2, 0.25) is 0 Å². The molecule has 3 heteroatoms. The van der Waals surface area contributed by atoms with Crippen LogP contribution in [0.3, 0.4) is 0 Å². The second-order valence-corrected chi connectivity index (χ2v) is 4.49. The molecule has 0 aromatic heterocycles. The van der Waals surface area contributed by atoms with Crippen LogP contribution >= 0.6 is 0 Å². The minimum Gasteiger partial charge on any atom is -0.493 e. The van der Waals surface area contributed by atoms with E-state index in [9.17, 15) is 0 Å². The Hall–Kier alpha value is -2.00. The molecule has 0 aliphatic carbocycles. The molecule has 0 aliphatic heterocycles. The van der Waals surface area contributed by atoms with Gasteiger partial charge in [0.1, 0.15) is 6.61 Å². The average Bonchev–Trinajstić information content (AvgIpc) is 2.52. The fourth-order valence-electron chi connectivity index (χ4n) is 2.02. The van der Waals surface area contributed by atoms with E-state index in [0.29, 0.717) is 6.61 Å². The molecule has 0 radical (unpaired) electrons. The average molecular weight is 271 g/mol. The number of hydrogen-bond donors (Lipinski definition) is 1. The van der Waals surface area contributed by atoms with E-state index in [0.717, 1.165) is 24.6 Å². The molecular weight excluding hydrogens is 250 g/mol. The fourth-order valence-corrected chi connectivity index (χ4v) is 2.02. The summed E-state index contributed by atoms with van der Waals surface area (Å²) in [6, 6.07) is 16.0. The number of benzene rings is 2. The molecule has 0 bridgehead atoms. The number of methoxy groups -OCH3 is 1. The van der Waals surface area contributed by atoms with Crippen LogP contribution in [-0.2, 0) is 13.2 Å². The zero-order valence-corrected chi connectivity index (χ0v) is 12.1. The van der Waals surface area contributed by atoms with Crippen molar-refractivity contribution < 1.29 is 9.47 Å². The third-order valence-electron chi connectivity index (χ3n) is 3.14. The lowest BCUT2D eigenvalue weighted by molar-refractivity contribution is 0.283. The van der Waals surface area contributed by atoms with Gasteiger partial charge in [0, 0.05) is 6.54 Å². The topological polar surface area (TPSA) is 30.5 Å². The summed E-state index contributed by atoms with van der Waals surface area (Å²) in [7, 11) is 1.65. The first-order valence-corrected chi connectivity index (χ1v) is 6.88. The molecule has 0 aliphatic rings. The number of rotatable bonds is 7. The van der Waals surface area contributed by atoms with Gasteiger partial charge >= 0.3 is 0 Å². The van der Waals surface area contributed by atoms with Crippen LogP contribution in [0.1, 0.15) is 18.1 Å². The van der Waals surface area contributed by atoms with Gasteiger partial charge in [-0.3, -0.25) is 0 Å². The lowest BCUT2D eigenvalue weighted by Gasteiger charge is -2.13. The standard InChI is InChI=1S/C17H21NO2/c1-3-18-12-14-8-4-5-9-15(14)13-20-17-11-7-6-10-16(17)19-2/h4-11,18H,3,12-13H2,1-2H3. The third-order valence-corrected chi connectivity index (χ3v) is 3.14. The van der Waals surface area contributed by atoms with E-state index in [1.807, 2.05) is 30.3 Å². The van der Waals surface area contributed by atoms with Gasteiger partial charge in [0.15, 0.2) is 11.5 Å². The lowest BCUT2D eigenvalue weighted by atomic mass is 10.1. The SMILES string of the molecule is CCNCc1ccccc1COc1ccccc1OC. The smallest absolute Gasteiger partial charge is 0.161 e. The Morgan fingerprint density at radius 3 is 2.25 bits per heavy atom. The van der Waals surface area contributed by atoms with Crippen LogP contribution in [0.2, 0.25) is 0 Å². The zero-order valence-electron chi connectivity index (χ0n) is 12.1. The van der Waals surface area contributed by atoms with Crippen LogP contribution in [0.5, 0.6) is 11.5 Å². The molecule has 2 aromatic rings. The Kier molecular flexibility index (Phi) is 5.44. The summed E-state index contributed by atoms with van der Waals surface area (Å²) in [4.78, 5) is 0. The van der Waals surface area contributed by atoms with Gasteiger partial charge in [-0.05, 0) is 29.8 Å². The van der Waals surface area contributed by atoms with Crippen LogP contribution in [0.25, 0.3) is 0 Å². The summed E-state index contributed by atoms with van der Waals surface area (Å²) in [5.41, 5.74) is 2.46. The number of hydrogen-bond acceptors (Lipinski definition) is 3. The van der Waals surface area contributed by atoms with E-state index < -0.39 is 0 Å². The van der Waals surface area contributed by atoms with Crippen molar-refractivity contribution in [2.75, 3.05) is 13.7 Å². The first-order valence-electron chi connectivity index (χ1n) is 6.88. The molecular formula is C17H21NO2. The molecule has 0 atom stereocenters. The Morgan fingerprint density at radius 2 is 1.55 bits per heavy atom. The van der Waals surface area contributed by atoms with Crippen molar-refractivity contribution in [2.45, 2.75) is 20.1 Å². The molecule has 0 amide bonds. The van der Waals surface area contributed by atoms with E-state index in [4.69, 9.17) is 9.47 Å². The molecule has 1 N–H and O–H groups in total. The summed E-state index contributed by atoms with van der Waals surface area (Å²) in [5, 5.41) is 3.35. The molecule has 106 valence electrons. The lowest BCUT2D eigenvalue weighted by Crippen LogP contribution is -2.14. The monoisotopic (exact) mass is 271 g/mol. The van der Waals surface area contributed by atoms with Gasteiger partial charge in [0.25, 0.3) is 0 Å². The molecule has 0 saturated carbocycles. The summed E-state index contributed by atoms with van der Waals surface area (Å²) in [5.74, 6) is 1.53. The Balaban J connectivity index is 2.06. The third kappa shape index (κ3) is 3.75. The van der Waals surface area contributed by atoms with Crippen LogP contribution in [-0.4, -0.2) is 13.7 Å². The summed E-state index contributed by atoms with van der Waals surface area (Å²) in [6.07, 6.45) is 0. The van der Waals surface area contributed by atoms with E-state index in [1.165, 1.54) is 11.1 Å². The predicted octanol–water partition coefficient (Wildman–Crippen LogP) is 3.38. The maximum atomic E-state index is 5.88. The largest absolute Gasteiger partial charge is 0.493 e. The first kappa shape index (κ1) is 14.4. The van der Waals surface area contributed by atoms with E-state index in [-0.39, 0.29) is 0 Å². The molecule has 0 heterocycles. The Labute approximate surface area is 120 Å². The van der Waals surface area contributed by atoms with Crippen molar-refractivity contribution in [3.05, 3.63) is 59.7 Å². The van der Waals surface area contributed by atoms with Gasteiger partial charge in [-0.2, -0.15) is 0 Å². The van der Waals surface area contributed by atoms with E-state index in [2.05, 4.69) is 30.4 Å². The van der Waals surface area contributed by atoms with Gasteiger partial charge in [-0.1, -0.05) is 43.3 Å². The van der Waals surface area contributed by atoms with Crippen molar-refractivity contribution >= 4 is 0 Å². The summed E-state index contributed by atoms with van der Waals surface area (Å²) in [6.45, 7) is 4.47. The second-order valence-electron chi connectivity index (χ2n) is 4.49. The Morgan fingerprint density at radius 1 is 0.900 bits per heavy atom. The molecule has 0 unspecified atom stereocenters. The van der Waals surface area contributed by atoms with Crippen LogP contribution in [0, 0.1) is 0 Å². The van der Waals surface area contributed by atoms with E-state index in [1.54, 1.807) is 7.11 Å². The van der Waals surface area contributed by atoms with E-state index >= 15 is 0 Å². The van der Waals surface area contributed by atoms with Crippen molar-refractivity contribution in [1.29, 1.82) is 0 Å². The highest BCUT2D eigenvalue weighted by Crippen LogP contribution is 2.27. The molecule has 0 saturated heterocycles. The highest BCUT2D eigenvalue weighted by molar-refractivity contribution is 5.39. The summed E-state index contributed by atoms with van der Waals surface area (Å²) < 4.78 is 11.2. The molecule has 0 spiro atoms.